The Kier molecular flexibility index (Phi) is 6.72. The third-order valence-corrected chi connectivity index (χ3v) is 5.76. The summed E-state index contributed by atoms with van der Waals surface area (Å²) in [6, 6.07) is 14.0. The van der Waals surface area contributed by atoms with Crippen LogP contribution in [0.25, 0.3) is 5.76 Å². The van der Waals surface area contributed by atoms with Crippen LogP contribution in [0.4, 0.5) is 4.39 Å². The van der Waals surface area contributed by atoms with Crippen LogP contribution in [-0.4, -0.2) is 33.3 Å². The van der Waals surface area contributed by atoms with Crippen molar-refractivity contribution in [3.63, 3.8) is 0 Å². The van der Waals surface area contributed by atoms with Gasteiger partial charge in [-0.2, -0.15) is 0 Å². The molecule has 3 aromatic rings. The minimum Gasteiger partial charge on any atom is -0.507 e. The number of rotatable bonds is 7. The number of ketones is 1. The van der Waals surface area contributed by atoms with Crippen molar-refractivity contribution >= 4 is 17.4 Å². The molecule has 1 aliphatic rings. The first kappa shape index (κ1) is 23.2. The summed E-state index contributed by atoms with van der Waals surface area (Å²) >= 11 is 0. The highest BCUT2D eigenvalue weighted by Gasteiger charge is 2.46. The molecule has 1 unspecified atom stereocenters. The SMILES string of the molecule is CCCOc1ccc(C2C(=C(O)c3ccc(C)c(F)c3)C(=O)C(=O)N2Cc2ccncc2)cc1. The maximum atomic E-state index is 14.2. The van der Waals surface area contributed by atoms with Gasteiger partial charge in [-0.1, -0.05) is 31.2 Å². The van der Waals surface area contributed by atoms with Crippen molar-refractivity contribution in [2.24, 2.45) is 0 Å². The van der Waals surface area contributed by atoms with Crippen molar-refractivity contribution < 1.29 is 23.8 Å². The summed E-state index contributed by atoms with van der Waals surface area (Å²) in [4.78, 5) is 31.6. The van der Waals surface area contributed by atoms with Crippen LogP contribution >= 0.6 is 0 Å². The molecule has 0 aliphatic carbocycles. The molecule has 1 aliphatic heterocycles. The summed E-state index contributed by atoms with van der Waals surface area (Å²) in [7, 11) is 0. The molecular weight excluding hydrogens is 435 g/mol. The largest absolute Gasteiger partial charge is 0.507 e. The monoisotopic (exact) mass is 460 g/mol. The first-order chi connectivity index (χ1) is 16.4. The molecule has 1 saturated heterocycles. The van der Waals surface area contributed by atoms with E-state index in [1.54, 1.807) is 55.7 Å². The van der Waals surface area contributed by atoms with E-state index in [1.807, 2.05) is 6.92 Å². The number of benzene rings is 2. The van der Waals surface area contributed by atoms with E-state index >= 15 is 0 Å². The van der Waals surface area contributed by atoms with Gasteiger partial charge in [-0.25, -0.2) is 4.39 Å². The average Bonchev–Trinajstić information content (AvgIpc) is 3.10. The number of Topliss-reactive ketones (excluding diaryl/α,β-unsaturated/α-hetero) is 1. The molecule has 2 aromatic carbocycles. The molecule has 1 amide bonds. The van der Waals surface area contributed by atoms with E-state index in [9.17, 15) is 19.1 Å². The van der Waals surface area contributed by atoms with Gasteiger partial charge >= 0.3 is 0 Å². The van der Waals surface area contributed by atoms with Crippen LogP contribution in [-0.2, 0) is 16.1 Å². The molecule has 174 valence electrons. The number of carbonyl (C=O) groups is 2. The maximum absolute atomic E-state index is 14.2. The standard InChI is InChI=1S/C27H25FN2O4/c1-3-14-34-21-8-6-19(7-9-21)24-23(25(31)20-5-4-17(2)22(28)15-20)26(32)27(33)30(24)16-18-10-12-29-13-11-18/h4-13,15,24,31H,3,14,16H2,1-2H3. The molecule has 1 aromatic heterocycles. The first-order valence-electron chi connectivity index (χ1n) is 11.1. The molecule has 1 atom stereocenters. The van der Waals surface area contributed by atoms with Gasteiger partial charge in [-0.3, -0.25) is 14.6 Å². The van der Waals surface area contributed by atoms with E-state index in [1.165, 1.54) is 23.1 Å². The zero-order chi connectivity index (χ0) is 24.2. The number of likely N-dealkylation sites (tertiary alicyclic amines) is 1. The molecule has 6 nitrogen and oxygen atoms in total. The quantitative estimate of drug-likeness (QED) is 0.307. The number of amides is 1. The molecule has 0 bridgehead atoms. The van der Waals surface area contributed by atoms with Crippen molar-refractivity contribution in [2.45, 2.75) is 32.9 Å². The van der Waals surface area contributed by atoms with Crippen LogP contribution in [0.1, 0.15) is 41.6 Å². The van der Waals surface area contributed by atoms with E-state index < -0.39 is 29.3 Å². The van der Waals surface area contributed by atoms with Gasteiger partial charge in [0.05, 0.1) is 18.2 Å². The molecule has 2 heterocycles. The fourth-order valence-electron chi connectivity index (χ4n) is 3.94. The topological polar surface area (TPSA) is 79.7 Å². The van der Waals surface area contributed by atoms with Crippen LogP contribution in [0.3, 0.4) is 0 Å². The number of nitrogens with zero attached hydrogens (tertiary/aromatic N) is 2. The highest BCUT2D eigenvalue weighted by atomic mass is 19.1. The predicted octanol–water partition coefficient (Wildman–Crippen LogP) is 4.94. The number of hydrogen-bond acceptors (Lipinski definition) is 5. The molecule has 1 N–H and O–H groups in total. The fraction of sp³-hybridized carbons (Fsp3) is 0.222. The van der Waals surface area contributed by atoms with Crippen molar-refractivity contribution in [1.29, 1.82) is 0 Å². The van der Waals surface area contributed by atoms with Gasteiger partial charge < -0.3 is 14.7 Å². The van der Waals surface area contributed by atoms with Crippen molar-refractivity contribution in [2.75, 3.05) is 6.61 Å². The van der Waals surface area contributed by atoms with Crippen LogP contribution in [0, 0.1) is 12.7 Å². The average molecular weight is 461 g/mol. The van der Waals surface area contributed by atoms with Crippen LogP contribution in [0.5, 0.6) is 5.75 Å². The second-order valence-electron chi connectivity index (χ2n) is 8.16. The molecular formula is C27H25FN2O4. The Bertz CT molecular complexity index is 1240. The van der Waals surface area contributed by atoms with Gasteiger partial charge in [0, 0.05) is 24.5 Å². The number of ether oxygens (including phenoxy) is 1. The zero-order valence-corrected chi connectivity index (χ0v) is 19.0. The molecule has 1 fully saturated rings. The van der Waals surface area contributed by atoms with Crippen LogP contribution < -0.4 is 4.74 Å². The molecule has 0 spiro atoms. The lowest BCUT2D eigenvalue weighted by molar-refractivity contribution is -0.140. The number of aromatic nitrogens is 1. The van der Waals surface area contributed by atoms with E-state index in [-0.39, 0.29) is 17.7 Å². The van der Waals surface area contributed by atoms with Crippen molar-refractivity contribution in [3.8, 4) is 5.75 Å². The second kappa shape index (κ2) is 9.87. The Balaban J connectivity index is 1.82. The molecule has 0 radical (unpaired) electrons. The van der Waals surface area contributed by atoms with Gasteiger partial charge in [0.25, 0.3) is 11.7 Å². The van der Waals surface area contributed by atoms with Crippen molar-refractivity contribution in [3.05, 3.63) is 101 Å². The van der Waals surface area contributed by atoms with Gasteiger partial charge in [0.15, 0.2) is 0 Å². The summed E-state index contributed by atoms with van der Waals surface area (Å²) in [5.74, 6) is -1.81. The Hall–Kier alpha value is -4.00. The summed E-state index contributed by atoms with van der Waals surface area (Å²) in [5.41, 5.74) is 1.88. The number of carbonyl (C=O) groups excluding carboxylic acids is 2. The molecule has 34 heavy (non-hydrogen) atoms. The number of aliphatic hydroxyl groups is 1. The number of halogens is 1. The zero-order valence-electron chi connectivity index (χ0n) is 19.0. The van der Waals surface area contributed by atoms with Crippen LogP contribution in [0.15, 0.2) is 72.6 Å². The lowest BCUT2D eigenvalue weighted by Crippen LogP contribution is -2.29. The minimum atomic E-state index is -0.849. The van der Waals surface area contributed by atoms with E-state index in [2.05, 4.69) is 4.98 Å². The molecule has 0 saturated carbocycles. The summed E-state index contributed by atoms with van der Waals surface area (Å²) in [6.07, 6.45) is 4.08. The van der Waals surface area contributed by atoms with E-state index in [4.69, 9.17) is 4.74 Å². The number of pyridine rings is 1. The molecule has 4 rings (SSSR count). The van der Waals surface area contributed by atoms with Gasteiger partial charge in [0.1, 0.15) is 17.3 Å². The van der Waals surface area contributed by atoms with E-state index in [0.29, 0.717) is 23.5 Å². The van der Waals surface area contributed by atoms with Crippen molar-refractivity contribution in [1.82, 2.24) is 9.88 Å². The van der Waals surface area contributed by atoms with Gasteiger partial charge in [0.2, 0.25) is 0 Å². The summed E-state index contributed by atoms with van der Waals surface area (Å²) in [5, 5.41) is 11.1. The smallest absolute Gasteiger partial charge is 0.295 e. The Morgan fingerprint density at radius 3 is 2.44 bits per heavy atom. The highest BCUT2D eigenvalue weighted by molar-refractivity contribution is 6.46. The normalized spacial score (nSPS) is 17.3. The number of hydrogen-bond donors (Lipinski definition) is 1. The highest BCUT2D eigenvalue weighted by Crippen LogP contribution is 2.40. The van der Waals surface area contributed by atoms with Gasteiger partial charge in [-0.15, -0.1) is 0 Å². The predicted molar refractivity (Wildman–Crippen MR) is 125 cm³/mol. The van der Waals surface area contributed by atoms with Gasteiger partial charge in [-0.05, 0) is 60.4 Å². The number of aliphatic hydroxyl groups excluding tert-OH is 1. The third-order valence-electron chi connectivity index (χ3n) is 5.76. The number of aryl methyl sites for hydroxylation is 1. The lowest BCUT2D eigenvalue weighted by Gasteiger charge is -2.25. The first-order valence-corrected chi connectivity index (χ1v) is 11.1. The Morgan fingerprint density at radius 1 is 1.09 bits per heavy atom. The minimum absolute atomic E-state index is 0.0791. The van der Waals surface area contributed by atoms with E-state index in [0.717, 1.165) is 12.0 Å². The maximum Gasteiger partial charge on any atom is 0.295 e. The Morgan fingerprint density at radius 2 is 1.79 bits per heavy atom. The third kappa shape index (κ3) is 4.55. The fourth-order valence-corrected chi connectivity index (χ4v) is 3.94. The summed E-state index contributed by atoms with van der Waals surface area (Å²) in [6.45, 7) is 4.33. The van der Waals surface area contributed by atoms with Crippen LogP contribution in [0.2, 0.25) is 0 Å². The Labute approximate surface area is 197 Å². The summed E-state index contributed by atoms with van der Waals surface area (Å²) < 4.78 is 19.9. The second-order valence-corrected chi connectivity index (χ2v) is 8.16. The lowest BCUT2D eigenvalue weighted by atomic mass is 9.94. The molecule has 7 heteroatoms.